The summed E-state index contributed by atoms with van der Waals surface area (Å²) < 4.78 is 34.3. The molecule has 3 aromatic rings. The standard InChI is InChI=1S/C30H34O8/c1-33-22-38-29(30(32)34-2)28(37-21-25-16-10-5-11-17-25)27(36-20-24-14-8-4-9-15-24)26(18-31)35-19-23-12-6-3-7-13-23/h3-18,26-29H,19-22H2,1-2H3/t26-,27+,28-,29+/m0/s1. The Kier molecular flexibility index (Phi) is 12.6. The van der Waals surface area contributed by atoms with Crippen LogP contribution in [0.4, 0.5) is 0 Å². The van der Waals surface area contributed by atoms with Gasteiger partial charge in [-0.05, 0) is 16.7 Å². The minimum Gasteiger partial charge on any atom is -0.467 e. The van der Waals surface area contributed by atoms with Crippen LogP contribution in [0.5, 0.6) is 0 Å². The van der Waals surface area contributed by atoms with Gasteiger partial charge in [0.15, 0.2) is 12.4 Å². The van der Waals surface area contributed by atoms with Gasteiger partial charge in [0.05, 0.1) is 26.9 Å². The quantitative estimate of drug-likeness (QED) is 0.149. The van der Waals surface area contributed by atoms with E-state index in [2.05, 4.69) is 0 Å². The third kappa shape index (κ3) is 9.16. The summed E-state index contributed by atoms with van der Waals surface area (Å²) in [4.78, 5) is 25.3. The zero-order chi connectivity index (χ0) is 27.0. The molecule has 8 nitrogen and oxygen atoms in total. The fourth-order valence-corrected chi connectivity index (χ4v) is 3.80. The van der Waals surface area contributed by atoms with Crippen molar-refractivity contribution in [1.29, 1.82) is 0 Å². The summed E-state index contributed by atoms with van der Waals surface area (Å²) in [6, 6.07) is 28.4. The van der Waals surface area contributed by atoms with Gasteiger partial charge in [-0.1, -0.05) is 91.0 Å². The summed E-state index contributed by atoms with van der Waals surface area (Å²) >= 11 is 0. The summed E-state index contributed by atoms with van der Waals surface area (Å²) in [5, 5.41) is 0. The minimum absolute atomic E-state index is 0.130. The number of hydrogen-bond donors (Lipinski definition) is 0. The lowest BCUT2D eigenvalue weighted by molar-refractivity contribution is -0.210. The molecule has 3 aromatic carbocycles. The van der Waals surface area contributed by atoms with Crippen LogP contribution in [-0.2, 0) is 57.8 Å². The van der Waals surface area contributed by atoms with Crippen molar-refractivity contribution in [2.24, 2.45) is 0 Å². The fraction of sp³-hybridized carbons (Fsp3) is 0.333. The number of hydrogen-bond acceptors (Lipinski definition) is 8. The Labute approximate surface area is 223 Å². The Morgan fingerprint density at radius 3 is 1.53 bits per heavy atom. The molecule has 8 heteroatoms. The average Bonchev–Trinajstić information content (AvgIpc) is 2.98. The summed E-state index contributed by atoms with van der Waals surface area (Å²) in [6.07, 6.45) is -3.79. The summed E-state index contributed by atoms with van der Waals surface area (Å²) in [5.74, 6) is -0.693. The van der Waals surface area contributed by atoms with Gasteiger partial charge in [0.1, 0.15) is 25.1 Å². The first-order valence-corrected chi connectivity index (χ1v) is 12.3. The molecule has 4 atom stereocenters. The fourth-order valence-electron chi connectivity index (χ4n) is 3.80. The maximum absolute atomic E-state index is 12.9. The zero-order valence-corrected chi connectivity index (χ0v) is 21.6. The molecule has 0 N–H and O–H groups in total. The van der Waals surface area contributed by atoms with Crippen molar-refractivity contribution in [1.82, 2.24) is 0 Å². The van der Waals surface area contributed by atoms with E-state index >= 15 is 0 Å². The highest BCUT2D eigenvalue weighted by atomic mass is 16.7. The van der Waals surface area contributed by atoms with Gasteiger partial charge in [-0.15, -0.1) is 0 Å². The molecule has 0 amide bonds. The highest BCUT2D eigenvalue weighted by Crippen LogP contribution is 2.22. The normalized spacial score (nSPS) is 14.3. The van der Waals surface area contributed by atoms with Crippen LogP contribution in [0.3, 0.4) is 0 Å². The van der Waals surface area contributed by atoms with E-state index in [1.54, 1.807) is 0 Å². The van der Waals surface area contributed by atoms with Crippen LogP contribution in [0.15, 0.2) is 91.0 Å². The maximum atomic E-state index is 12.9. The van der Waals surface area contributed by atoms with Gasteiger partial charge in [-0.3, -0.25) is 0 Å². The molecular formula is C30H34O8. The first kappa shape index (κ1) is 29.2. The van der Waals surface area contributed by atoms with Crippen molar-refractivity contribution in [3.05, 3.63) is 108 Å². The monoisotopic (exact) mass is 522 g/mol. The number of methoxy groups -OCH3 is 2. The lowest BCUT2D eigenvalue weighted by Crippen LogP contribution is -2.53. The Morgan fingerprint density at radius 1 is 0.658 bits per heavy atom. The Morgan fingerprint density at radius 2 is 1.11 bits per heavy atom. The number of ether oxygens (including phenoxy) is 6. The molecule has 0 saturated heterocycles. The lowest BCUT2D eigenvalue weighted by atomic mass is 10.0. The second-order valence-corrected chi connectivity index (χ2v) is 8.44. The molecule has 38 heavy (non-hydrogen) atoms. The maximum Gasteiger partial charge on any atom is 0.337 e. The van der Waals surface area contributed by atoms with Crippen LogP contribution < -0.4 is 0 Å². The van der Waals surface area contributed by atoms with Crippen LogP contribution in [0.2, 0.25) is 0 Å². The molecule has 202 valence electrons. The second kappa shape index (κ2) is 16.4. The highest BCUT2D eigenvalue weighted by molar-refractivity contribution is 5.75. The SMILES string of the molecule is COCO[C@@H](C(=O)OC)[C@@H](OCc1ccccc1)[C@H](OCc1ccccc1)[C@H](C=O)OCc1ccccc1. The van der Waals surface area contributed by atoms with E-state index in [0.29, 0.717) is 6.29 Å². The predicted octanol–water partition coefficient (Wildman–Crippen LogP) is 4.10. The van der Waals surface area contributed by atoms with Crippen molar-refractivity contribution in [2.45, 2.75) is 44.2 Å². The number of benzene rings is 3. The van der Waals surface area contributed by atoms with Crippen molar-refractivity contribution >= 4 is 12.3 Å². The molecule has 0 radical (unpaired) electrons. The molecule has 3 rings (SSSR count). The van der Waals surface area contributed by atoms with Crippen molar-refractivity contribution in [3.8, 4) is 0 Å². The van der Waals surface area contributed by atoms with Gasteiger partial charge >= 0.3 is 5.97 Å². The number of esters is 1. The molecule has 0 aliphatic heterocycles. The van der Waals surface area contributed by atoms with E-state index in [4.69, 9.17) is 28.4 Å². The van der Waals surface area contributed by atoms with Crippen LogP contribution in [0.1, 0.15) is 16.7 Å². The molecule has 0 saturated carbocycles. The number of carbonyl (C=O) groups is 2. The van der Waals surface area contributed by atoms with E-state index in [1.807, 2.05) is 91.0 Å². The first-order chi connectivity index (χ1) is 18.7. The minimum atomic E-state index is -1.26. The summed E-state index contributed by atoms with van der Waals surface area (Å²) in [6.45, 7) is 0.231. The van der Waals surface area contributed by atoms with Gasteiger partial charge in [0.25, 0.3) is 0 Å². The van der Waals surface area contributed by atoms with Gasteiger partial charge in [-0.2, -0.15) is 0 Å². The number of carbonyl (C=O) groups excluding carboxylic acids is 2. The summed E-state index contributed by atoms with van der Waals surface area (Å²) in [5.41, 5.74) is 2.62. The largest absolute Gasteiger partial charge is 0.467 e. The van der Waals surface area contributed by atoms with Gasteiger partial charge in [0, 0.05) is 7.11 Å². The Bertz CT molecular complexity index is 1060. The van der Waals surface area contributed by atoms with Gasteiger partial charge < -0.3 is 33.2 Å². The van der Waals surface area contributed by atoms with Crippen LogP contribution >= 0.6 is 0 Å². The molecule has 0 aliphatic carbocycles. The van der Waals surface area contributed by atoms with Crippen LogP contribution in [0, 0.1) is 0 Å². The van der Waals surface area contributed by atoms with Crippen molar-refractivity contribution in [3.63, 3.8) is 0 Å². The first-order valence-electron chi connectivity index (χ1n) is 12.3. The average molecular weight is 523 g/mol. The van der Waals surface area contributed by atoms with E-state index in [0.717, 1.165) is 16.7 Å². The third-order valence-electron chi connectivity index (χ3n) is 5.73. The molecular weight excluding hydrogens is 488 g/mol. The highest BCUT2D eigenvalue weighted by Gasteiger charge is 2.42. The van der Waals surface area contributed by atoms with Crippen LogP contribution in [0.25, 0.3) is 0 Å². The topological polar surface area (TPSA) is 89.5 Å². The van der Waals surface area contributed by atoms with E-state index < -0.39 is 30.4 Å². The van der Waals surface area contributed by atoms with Gasteiger partial charge in [0.2, 0.25) is 0 Å². The third-order valence-corrected chi connectivity index (χ3v) is 5.73. The molecule has 0 heterocycles. The molecule has 0 spiro atoms. The number of rotatable bonds is 17. The van der Waals surface area contributed by atoms with E-state index in [1.165, 1.54) is 14.2 Å². The molecule has 0 bridgehead atoms. The zero-order valence-electron chi connectivity index (χ0n) is 21.6. The Hall–Kier alpha value is -3.40. The Balaban J connectivity index is 1.93. The molecule has 0 fully saturated rings. The lowest BCUT2D eigenvalue weighted by Gasteiger charge is -2.34. The van der Waals surface area contributed by atoms with Crippen molar-refractivity contribution < 1.29 is 38.0 Å². The van der Waals surface area contributed by atoms with Gasteiger partial charge in [-0.25, -0.2) is 4.79 Å². The molecule has 0 unspecified atom stereocenters. The smallest absolute Gasteiger partial charge is 0.337 e. The summed E-state index contributed by atoms with van der Waals surface area (Å²) in [7, 11) is 2.69. The molecule has 0 aliphatic rings. The van der Waals surface area contributed by atoms with E-state index in [9.17, 15) is 9.59 Å². The second-order valence-electron chi connectivity index (χ2n) is 8.44. The molecule has 0 aromatic heterocycles. The van der Waals surface area contributed by atoms with Crippen molar-refractivity contribution in [2.75, 3.05) is 21.0 Å². The van der Waals surface area contributed by atoms with E-state index in [-0.39, 0.29) is 26.6 Å². The predicted molar refractivity (Wildman–Crippen MR) is 140 cm³/mol. The van der Waals surface area contributed by atoms with Crippen LogP contribution in [-0.4, -0.2) is 57.7 Å². The number of aldehydes is 1.